The molecular formula is C26H18F4O2S. The summed E-state index contributed by atoms with van der Waals surface area (Å²) in [6, 6.07) is 21.5. The van der Waals surface area contributed by atoms with E-state index in [0.717, 1.165) is 11.8 Å². The van der Waals surface area contributed by atoms with Gasteiger partial charge in [-0.3, -0.25) is 0 Å². The molecule has 0 fully saturated rings. The second kappa shape index (κ2) is 8.83. The van der Waals surface area contributed by atoms with Gasteiger partial charge in [0.25, 0.3) is 0 Å². The van der Waals surface area contributed by atoms with Crippen LogP contribution in [0.15, 0.2) is 107 Å². The van der Waals surface area contributed by atoms with Crippen LogP contribution in [0.2, 0.25) is 0 Å². The number of aromatic hydroxyl groups is 2. The minimum absolute atomic E-state index is 0.0248. The lowest BCUT2D eigenvalue weighted by molar-refractivity contribution is -0.167. The van der Waals surface area contributed by atoms with E-state index in [1.807, 2.05) is 0 Å². The van der Waals surface area contributed by atoms with E-state index >= 15 is 13.2 Å². The molecule has 4 aromatic carbocycles. The van der Waals surface area contributed by atoms with Crippen molar-refractivity contribution in [2.75, 3.05) is 0 Å². The molecule has 2 nitrogen and oxygen atoms in total. The Kier molecular flexibility index (Phi) is 6.08. The Morgan fingerprint density at radius 1 is 0.606 bits per heavy atom. The van der Waals surface area contributed by atoms with E-state index in [9.17, 15) is 14.6 Å². The first kappa shape index (κ1) is 22.7. The lowest BCUT2D eigenvalue weighted by Gasteiger charge is -2.38. The maximum absolute atomic E-state index is 15.2. The number of benzene rings is 4. The molecule has 0 atom stereocenters. The molecule has 0 heterocycles. The molecule has 0 saturated carbocycles. The zero-order valence-corrected chi connectivity index (χ0v) is 17.9. The van der Waals surface area contributed by atoms with Crippen molar-refractivity contribution in [3.8, 4) is 11.5 Å². The molecule has 7 heteroatoms. The normalized spacial score (nSPS) is 12.0. The Bertz CT molecular complexity index is 1190. The highest BCUT2D eigenvalue weighted by Gasteiger charge is 2.59. The van der Waals surface area contributed by atoms with Crippen LogP contribution in [0.25, 0.3) is 0 Å². The maximum Gasteiger partial charge on any atom is 0.406 e. The summed E-state index contributed by atoms with van der Waals surface area (Å²) in [5.41, 5.74) is -2.81. The fourth-order valence-electron chi connectivity index (χ4n) is 3.88. The Morgan fingerprint density at radius 2 is 1.09 bits per heavy atom. The van der Waals surface area contributed by atoms with E-state index in [2.05, 4.69) is 0 Å². The molecule has 4 rings (SSSR count). The molecule has 2 N–H and O–H groups in total. The Balaban J connectivity index is 2.02. The van der Waals surface area contributed by atoms with Crippen LogP contribution in [0, 0.1) is 5.82 Å². The molecule has 0 radical (unpaired) electrons. The minimum atomic E-state index is -4.79. The quantitative estimate of drug-likeness (QED) is 0.238. The summed E-state index contributed by atoms with van der Waals surface area (Å²) in [4.78, 5) is 0.916. The van der Waals surface area contributed by atoms with Gasteiger partial charge in [-0.15, -0.1) is 0 Å². The predicted octanol–water partition coefficient (Wildman–Crippen LogP) is 7.28. The van der Waals surface area contributed by atoms with E-state index in [1.54, 1.807) is 12.1 Å². The van der Waals surface area contributed by atoms with E-state index in [1.165, 1.54) is 84.9 Å². The van der Waals surface area contributed by atoms with E-state index in [-0.39, 0.29) is 28.2 Å². The molecule has 0 aromatic heterocycles. The molecule has 0 unspecified atom stereocenters. The fourth-order valence-corrected chi connectivity index (χ4v) is 4.88. The first-order chi connectivity index (χ1) is 15.7. The lowest BCUT2D eigenvalue weighted by atomic mass is 9.68. The van der Waals surface area contributed by atoms with Gasteiger partial charge in [0.1, 0.15) is 22.7 Å². The molecule has 4 aromatic rings. The maximum atomic E-state index is 15.2. The van der Waals surface area contributed by atoms with E-state index < -0.39 is 17.4 Å². The van der Waals surface area contributed by atoms with Gasteiger partial charge in [-0.05, 0) is 71.3 Å². The summed E-state index contributed by atoms with van der Waals surface area (Å²) < 4.78 is 59.0. The van der Waals surface area contributed by atoms with Crippen molar-refractivity contribution in [2.24, 2.45) is 0 Å². The molecule has 0 aliphatic rings. The van der Waals surface area contributed by atoms with E-state index in [4.69, 9.17) is 0 Å². The standard InChI is InChI=1S/C26H18F4O2S/c27-19-9-15-22(16-10-19)33-24-4-2-1-3-23(24)25(26(28,29)30,17-5-11-20(31)12-6-17)18-7-13-21(32)14-8-18/h1-16,31-32H. The van der Waals surface area contributed by atoms with Gasteiger partial charge in [0, 0.05) is 9.79 Å². The topological polar surface area (TPSA) is 40.5 Å². The highest BCUT2D eigenvalue weighted by molar-refractivity contribution is 7.99. The van der Waals surface area contributed by atoms with Gasteiger partial charge in [0.15, 0.2) is 0 Å². The second-order valence-electron chi connectivity index (χ2n) is 7.39. The van der Waals surface area contributed by atoms with Crippen molar-refractivity contribution >= 4 is 11.8 Å². The molecule has 0 aliphatic heterocycles. The third-order valence-electron chi connectivity index (χ3n) is 5.36. The number of phenolic OH excluding ortho intramolecular Hbond substituents is 2. The molecule has 0 aliphatic carbocycles. The SMILES string of the molecule is Oc1ccc(C(c2ccc(O)cc2)(c2ccccc2Sc2ccc(F)cc2)C(F)(F)F)cc1. The van der Waals surface area contributed by atoms with Crippen LogP contribution in [0.1, 0.15) is 16.7 Å². The van der Waals surface area contributed by atoms with Crippen LogP contribution in [-0.2, 0) is 5.41 Å². The van der Waals surface area contributed by atoms with Gasteiger partial charge < -0.3 is 10.2 Å². The lowest BCUT2D eigenvalue weighted by Crippen LogP contribution is -2.45. The number of phenols is 2. The number of hydrogen-bond acceptors (Lipinski definition) is 3. The van der Waals surface area contributed by atoms with Crippen molar-refractivity contribution in [2.45, 2.75) is 21.4 Å². The number of hydrogen-bond donors (Lipinski definition) is 2. The van der Waals surface area contributed by atoms with Gasteiger partial charge in [-0.1, -0.05) is 54.2 Å². The molecule has 0 spiro atoms. The van der Waals surface area contributed by atoms with Crippen LogP contribution in [-0.4, -0.2) is 16.4 Å². The predicted molar refractivity (Wildman–Crippen MR) is 119 cm³/mol. The summed E-state index contributed by atoms with van der Waals surface area (Å²) in [5.74, 6) is -0.755. The van der Waals surface area contributed by atoms with Crippen molar-refractivity contribution in [1.82, 2.24) is 0 Å². The van der Waals surface area contributed by atoms with Gasteiger partial charge in [-0.25, -0.2) is 4.39 Å². The van der Waals surface area contributed by atoms with Crippen LogP contribution in [0.5, 0.6) is 11.5 Å². The van der Waals surface area contributed by atoms with Gasteiger partial charge >= 0.3 is 6.18 Å². The van der Waals surface area contributed by atoms with Crippen molar-refractivity contribution < 1.29 is 27.8 Å². The smallest absolute Gasteiger partial charge is 0.406 e. The minimum Gasteiger partial charge on any atom is -0.508 e. The Labute approximate surface area is 192 Å². The number of alkyl halides is 3. The van der Waals surface area contributed by atoms with Gasteiger partial charge in [-0.2, -0.15) is 13.2 Å². The Hall–Kier alpha value is -3.45. The summed E-state index contributed by atoms with van der Waals surface area (Å²) in [7, 11) is 0. The molecular weight excluding hydrogens is 452 g/mol. The number of halogens is 4. The molecule has 33 heavy (non-hydrogen) atoms. The third-order valence-corrected chi connectivity index (χ3v) is 6.44. The highest BCUT2D eigenvalue weighted by Crippen LogP contribution is 2.54. The first-order valence-electron chi connectivity index (χ1n) is 9.90. The zero-order valence-electron chi connectivity index (χ0n) is 17.1. The molecule has 168 valence electrons. The molecule has 0 amide bonds. The van der Waals surface area contributed by atoms with Gasteiger partial charge in [0.05, 0.1) is 0 Å². The summed E-state index contributed by atoms with van der Waals surface area (Å²) in [6.45, 7) is 0. The van der Waals surface area contributed by atoms with Crippen molar-refractivity contribution in [3.05, 3.63) is 120 Å². The average Bonchev–Trinajstić information content (AvgIpc) is 2.78. The average molecular weight is 470 g/mol. The van der Waals surface area contributed by atoms with Crippen LogP contribution >= 0.6 is 11.8 Å². The Morgan fingerprint density at radius 3 is 1.58 bits per heavy atom. The zero-order chi connectivity index (χ0) is 23.6. The van der Waals surface area contributed by atoms with Crippen LogP contribution in [0.4, 0.5) is 17.6 Å². The summed E-state index contributed by atoms with van der Waals surface area (Å²) in [6.07, 6.45) is -4.79. The van der Waals surface area contributed by atoms with Gasteiger partial charge in [0.2, 0.25) is 0 Å². The van der Waals surface area contributed by atoms with Crippen molar-refractivity contribution in [3.63, 3.8) is 0 Å². The second-order valence-corrected chi connectivity index (χ2v) is 8.51. The third kappa shape index (κ3) is 4.28. The largest absolute Gasteiger partial charge is 0.508 e. The molecule has 0 bridgehead atoms. The monoisotopic (exact) mass is 470 g/mol. The highest BCUT2D eigenvalue weighted by atomic mass is 32.2. The van der Waals surface area contributed by atoms with E-state index in [0.29, 0.717) is 9.79 Å². The summed E-state index contributed by atoms with van der Waals surface area (Å²) in [5, 5.41) is 19.5. The van der Waals surface area contributed by atoms with Crippen LogP contribution < -0.4 is 0 Å². The van der Waals surface area contributed by atoms with Crippen LogP contribution in [0.3, 0.4) is 0 Å². The summed E-state index contributed by atoms with van der Waals surface area (Å²) >= 11 is 1.10. The molecule has 0 saturated heterocycles. The first-order valence-corrected chi connectivity index (χ1v) is 10.7. The fraction of sp³-hybridized carbons (Fsp3) is 0.0769. The number of rotatable bonds is 5. The van der Waals surface area contributed by atoms with Crippen molar-refractivity contribution in [1.29, 1.82) is 0 Å².